The first kappa shape index (κ1) is 13.2. The van der Waals surface area contributed by atoms with Crippen LogP contribution in [0.2, 0.25) is 0 Å². The Kier molecular flexibility index (Phi) is 4.87. The maximum absolute atomic E-state index is 10.4. The van der Waals surface area contributed by atoms with Crippen molar-refractivity contribution in [2.45, 2.75) is 24.2 Å². The van der Waals surface area contributed by atoms with Gasteiger partial charge in [-0.3, -0.25) is 0 Å². The van der Waals surface area contributed by atoms with E-state index in [1.165, 1.54) is 17.7 Å². The number of nitrogens with one attached hydrogen (secondary N) is 1. The number of aromatic nitrogens is 1. The molecule has 5 heteroatoms. The van der Waals surface area contributed by atoms with Crippen molar-refractivity contribution in [2.24, 2.45) is 0 Å². The van der Waals surface area contributed by atoms with Crippen LogP contribution in [0.15, 0.2) is 17.2 Å². The lowest BCUT2D eigenvalue weighted by atomic mass is 10.4. The molecule has 0 spiro atoms. The first-order valence-electron chi connectivity index (χ1n) is 6.34. The molecule has 18 heavy (non-hydrogen) atoms. The summed E-state index contributed by atoms with van der Waals surface area (Å²) in [5.41, 5.74) is 1.04. The third-order valence-electron chi connectivity index (χ3n) is 3.04. The molecule has 2 heterocycles. The molecule has 1 aromatic rings. The van der Waals surface area contributed by atoms with Crippen molar-refractivity contribution in [3.05, 3.63) is 12.3 Å². The lowest BCUT2D eigenvalue weighted by Crippen LogP contribution is -2.19. The molecular weight excluding hydrogens is 246 g/mol. The second-order valence-electron chi connectivity index (χ2n) is 4.29. The molecule has 0 saturated carbocycles. The highest BCUT2D eigenvalue weighted by Gasteiger charge is 2.15. The third-order valence-corrected chi connectivity index (χ3v) is 4.13. The smallest absolute Gasteiger partial charge is 0.129 e. The van der Waals surface area contributed by atoms with Crippen molar-refractivity contribution >= 4 is 29.6 Å². The van der Waals surface area contributed by atoms with E-state index in [0.717, 1.165) is 36.6 Å². The number of pyridine rings is 1. The standard InChI is InChI=1S/C13H19N3OS/c1-14-11-10-15-13(16-5-2-3-6-16)9-12(11)18-8-4-7-17/h7,9-10,14H,2-6,8H2,1H3. The van der Waals surface area contributed by atoms with Crippen LogP contribution in [0.4, 0.5) is 11.5 Å². The summed E-state index contributed by atoms with van der Waals surface area (Å²) in [6.07, 6.45) is 5.95. The number of carbonyl (C=O) groups excluding carboxylic acids is 1. The van der Waals surface area contributed by atoms with E-state index in [4.69, 9.17) is 0 Å². The van der Waals surface area contributed by atoms with Crippen molar-refractivity contribution in [2.75, 3.05) is 36.1 Å². The van der Waals surface area contributed by atoms with Gasteiger partial charge >= 0.3 is 0 Å². The summed E-state index contributed by atoms with van der Waals surface area (Å²) in [4.78, 5) is 18.4. The summed E-state index contributed by atoms with van der Waals surface area (Å²) >= 11 is 1.71. The van der Waals surface area contributed by atoms with E-state index in [1.807, 2.05) is 13.2 Å². The lowest BCUT2D eigenvalue weighted by molar-refractivity contribution is -0.107. The maximum atomic E-state index is 10.4. The highest BCUT2D eigenvalue weighted by molar-refractivity contribution is 7.99. The summed E-state index contributed by atoms with van der Waals surface area (Å²) in [7, 11) is 1.90. The van der Waals surface area contributed by atoms with Gasteiger partial charge in [0.2, 0.25) is 0 Å². The Morgan fingerprint density at radius 2 is 2.28 bits per heavy atom. The first-order valence-corrected chi connectivity index (χ1v) is 7.33. The van der Waals surface area contributed by atoms with E-state index in [1.54, 1.807) is 11.8 Å². The first-order chi connectivity index (χ1) is 8.85. The topological polar surface area (TPSA) is 45.2 Å². The van der Waals surface area contributed by atoms with E-state index in [-0.39, 0.29) is 0 Å². The molecular formula is C13H19N3OS. The Labute approximate surface area is 112 Å². The molecule has 4 nitrogen and oxygen atoms in total. The molecule has 1 fully saturated rings. The van der Waals surface area contributed by atoms with Crippen LogP contribution < -0.4 is 10.2 Å². The minimum atomic E-state index is 0.592. The zero-order valence-corrected chi connectivity index (χ0v) is 11.5. The molecule has 0 atom stereocenters. The number of thioether (sulfide) groups is 1. The predicted molar refractivity (Wildman–Crippen MR) is 76.6 cm³/mol. The number of hydrogen-bond acceptors (Lipinski definition) is 5. The molecule has 0 aliphatic carbocycles. The summed E-state index contributed by atoms with van der Waals surface area (Å²) < 4.78 is 0. The second-order valence-corrected chi connectivity index (χ2v) is 5.42. The molecule has 98 valence electrons. The molecule has 1 saturated heterocycles. The summed E-state index contributed by atoms with van der Waals surface area (Å²) in [5.74, 6) is 1.88. The Balaban J connectivity index is 2.12. The number of hydrogen-bond donors (Lipinski definition) is 1. The van der Waals surface area contributed by atoms with Crippen LogP contribution in [0.1, 0.15) is 19.3 Å². The summed E-state index contributed by atoms with van der Waals surface area (Å²) in [5, 5.41) is 3.15. The fourth-order valence-electron chi connectivity index (χ4n) is 2.07. The van der Waals surface area contributed by atoms with Crippen LogP contribution >= 0.6 is 11.8 Å². The average molecular weight is 265 g/mol. The molecule has 1 aromatic heterocycles. The van der Waals surface area contributed by atoms with Gasteiger partial charge in [-0.05, 0) is 18.9 Å². The van der Waals surface area contributed by atoms with Crippen LogP contribution in [0.25, 0.3) is 0 Å². The monoisotopic (exact) mass is 265 g/mol. The van der Waals surface area contributed by atoms with Crippen LogP contribution in [0.5, 0.6) is 0 Å². The molecule has 1 aliphatic heterocycles. The molecule has 0 unspecified atom stereocenters. The minimum Gasteiger partial charge on any atom is -0.386 e. The number of carbonyl (C=O) groups is 1. The zero-order valence-electron chi connectivity index (χ0n) is 10.7. The Morgan fingerprint density at radius 1 is 1.50 bits per heavy atom. The van der Waals surface area contributed by atoms with Crippen LogP contribution in [0.3, 0.4) is 0 Å². The largest absolute Gasteiger partial charge is 0.386 e. The Hall–Kier alpha value is -1.23. The van der Waals surface area contributed by atoms with Gasteiger partial charge in [-0.15, -0.1) is 11.8 Å². The van der Waals surface area contributed by atoms with Gasteiger partial charge in [0, 0.05) is 37.2 Å². The number of rotatable bonds is 6. The minimum absolute atomic E-state index is 0.592. The SMILES string of the molecule is CNc1cnc(N2CCCC2)cc1SCCC=O. The number of anilines is 2. The van der Waals surface area contributed by atoms with E-state index >= 15 is 0 Å². The van der Waals surface area contributed by atoms with Crippen LogP contribution in [0, 0.1) is 0 Å². The van der Waals surface area contributed by atoms with Gasteiger partial charge in [0.1, 0.15) is 12.1 Å². The van der Waals surface area contributed by atoms with Crippen molar-refractivity contribution in [1.82, 2.24) is 4.98 Å². The molecule has 0 aromatic carbocycles. The maximum Gasteiger partial charge on any atom is 0.129 e. The van der Waals surface area contributed by atoms with Gasteiger partial charge in [0.25, 0.3) is 0 Å². The van der Waals surface area contributed by atoms with Crippen molar-refractivity contribution in [1.29, 1.82) is 0 Å². The molecule has 1 N–H and O–H groups in total. The van der Waals surface area contributed by atoms with E-state index in [0.29, 0.717) is 6.42 Å². The van der Waals surface area contributed by atoms with Gasteiger partial charge in [-0.25, -0.2) is 4.98 Å². The van der Waals surface area contributed by atoms with Crippen LogP contribution in [-0.4, -0.2) is 37.2 Å². The second kappa shape index (κ2) is 6.64. The zero-order chi connectivity index (χ0) is 12.8. The van der Waals surface area contributed by atoms with Gasteiger partial charge in [-0.2, -0.15) is 0 Å². The highest BCUT2D eigenvalue weighted by atomic mass is 32.2. The molecule has 0 amide bonds. The highest BCUT2D eigenvalue weighted by Crippen LogP contribution is 2.31. The number of aldehydes is 1. The fourth-order valence-corrected chi connectivity index (χ4v) is 3.00. The third kappa shape index (κ3) is 3.16. The Bertz CT molecular complexity index is 405. The molecule has 1 aliphatic rings. The van der Waals surface area contributed by atoms with Gasteiger partial charge in [-0.1, -0.05) is 0 Å². The quantitative estimate of drug-likeness (QED) is 0.486. The fraction of sp³-hybridized carbons (Fsp3) is 0.538. The number of nitrogens with zero attached hydrogens (tertiary/aromatic N) is 2. The van der Waals surface area contributed by atoms with E-state index < -0.39 is 0 Å². The van der Waals surface area contributed by atoms with Crippen molar-refractivity contribution in [3.8, 4) is 0 Å². The molecule has 0 radical (unpaired) electrons. The van der Waals surface area contributed by atoms with Crippen molar-refractivity contribution < 1.29 is 4.79 Å². The van der Waals surface area contributed by atoms with Gasteiger partial charge < -0.3 is 15.0 Å². The predicted octanol–water partition coefficient (Wildman–Crippen LogP) is 2.40. The molecule has 2 rings (SSSR count). The van der Waals surface area contributed by atoms with E-state index in [9.17, 15) is 4.79 Å². The van der Waals surface area contributed by atoms with Crippen molar-refractivity contribution in [3.63, 3.8) is 0 Å². The molecule has 0 bridgehead atoms. The van der Waals surface area contributed by atoms with Gasteiger partial charge in [0.05, 0.1) is 11.9 Å². The summed E-state index contributed by atoms with van der Waals surface area (Å²) in [6, 6.07) is 2.13. The average Bonchev–Trinajstić information content (AvgIpc) is 2.93. The van der Waals surface area contributed by atoms with E-state index in [2.05, 4.69) is 21.3 Å². The van der Waals surface area contributed by atoms with Crippen LogP contribution in [-0.2, 0) is 4.79 Å². The summed E-state index contributed by atoms with van der Waals surface area (Å²) in [6.45, 7) is 2.20. The normalized spacial score (nSPS) is 14.8. The lowest BCUT2D eigenvalue weighted by Gasteiger charge is -2.18. The van der Waals surface area contributed by atoms with Gasteiger partial charge in [0.15, 0.2) is 0 Å². The Morgan fingerprint density at radius 3 is 2.94 bits per heavy atom.